The first-order valence-electron chi connectivity index (χ1n) is 12.2. The van der Waals surface area contributed by atoms with Gasteiger partial charge in [0.05, 0.1) is 28.2 Å². The average molecular weight is 497 g/mol. The fourth-order valence-corrected chi connectivity index (χ4v) is 4.56. The number of nitrogens with two attached hydrogens (primary N) is 1. The molecule has 1 aliphatic rings. The van der Waals surface area contributed by atoms with E-state index in [9.17, 15) is 9.59 Å². The van der Waals surface area contributed by atoms with E-state index >= 15 is 0 Å². The molecular formula is C27H28N8O2. The number of hydrogen-bond donors (Lipinski definition) is 4. The lowest BCUT2D eigenvalue weighted by atomic mass is 9.92. The number of amides is 1. The first-order valence-corrected chi connectivity index (χ1v) is 12.2. The highest BCUT2D eigenvalue weighted by Gasteiger charge is 2.28. The Kier molecular flexibility index (Phi) is 6.39. The molecule has 10 heteroatoms. The third-order valence-electron chi connectivity index (χ3n) is 6.64. The SMILES string of the molecule is CC(=O)Nc1ccc(C(=N)c2c(N)ncnc2NC(C)c2nc3ccccc3c(=O)n2C2CCC2)cc1. The molecule has 2 heterocycles. The average Bonchev–Trinajstić information content (AvgIpc) is 2.84. The molecule has 37 heavy (non-hydrogen) atoms. The Bertz CT molecular complexity index is 1560. The first kappa shape index (κ1) is 24.1. The van der Waals surface area contributed by atoms with Crippen LogP contribution in [0.2, 0.25) is 0 Å². The lowest BCUT2D eigenvalue weighted by molar-refractivity contribution is -0.114. The summed E-state index contributed by atoms with van der Waals surface area (Å²) in [5.74, 6) is 0.969. The summed E-state index contributed by atoms with van der Waals surface area (Å²) in [4.78, 5) is 38.1. The summed E-state index contributed by atoms with van der Waals surface area (Å²) < 4.78 is 1.81. The van der Waals surface area contributed by atoms with Crippen molar-refractivity contribution in [1.29, 1.82) is 5.41 Å². The summed E-state index contributed by atoms with van der Waals surface area (Å²) in [5.41, 5.74) is 8.50. The Morgan fingerprint density at radius 3 is 2.54 bits per heavy atom. The molecule has 1 amide bonds. The minimum atomic E-state index is -0.402. The molecule has 4 aromatic rings. The molecule has 188 valence electrons. The number of nitrogens with one attached hydrogen (secondary N) is 3. The Balaban J connectivity index is 1.51. The van der Waals surface area contributed by atoms with Crippen molar-refractivity contribution in [1.82, 2.24) is 19.5 Å². The van der Waals surface area contributed by atoms with Crippen LogP contribution in [-0.2, 0) is 4.79 Å². The smallest absolute Gasteiger partial charge is 0.261 e. The number of anilines is 3. The maximum absolute atomic E-state index is 13.4. The van der Waals surface area contributed by atoms with E-state index in [0.717, 1.165) is 19.3 Å². The molecule has 1 unspecified atom stereocenters. The normalized spacial score (nSPS) is 14.1. The summed E-state index contributed by atoms with van der Waals surface area (Å²) in [5, 5.41) is 15.5. The predicted molar refractivity (Wildman–Crippen MR) is 144 cm³/mol. The van der Waals surface area contributed by atoms with E-state index in [4.69, 9.17) is 16.1 Å². The third kappa shape index (κ3) is 4.65. The van der Waals surface area contributed by atoms with Crippen molar-refractivity contribution in [3.8, 4) is 0 Å². The van der Waals surface area contributed by atoms with Crippen molar-refractivity contribution in [2.45, 2.75) is 45.2 Å². The van der Waals surface area contributed by atoms with E-state index in [1.807, 2.05) is 31.2 Å². The van der Waals surface area contributed by atoms with Gasteiger partial charge in [-0.1, -0.05) is 24.3 Å². The van der Waals surface area contributed by atoms with Crippen molar-refractivity contribution >= 4 is 39.8 Å². The molecule has 0 bridgehead atoms. The fraction of sp³-hybridized carbons (Fsp3) is 0.259. The van der Waals surface area contributed by atoms with Gasteiger partial charge in [-0.25, -0.2) is 15.0 Å². The van der Waals surface area contributed by atoms with Gasteiger partial charge in [0, 0.05) is 24.2 Å². The number of fused-ring (bicyclic) bond motifs is 1. The number of rotatable bonds is 7. The summed E-state index contributed by atoms with van der Waals surface area (Å²) >= 11 is 0. The van der Waals surface area contributed by atoms with Crippen molar-refractivity contribution in [2.75, 3.05) is 16.4 Å². The predicted octanol–water partition coefficient (Wildman–Crippen LogP) is 4.04. The molecule has 0 spiro atoms. The van der Waals surface area contributed by atoms with Gasteiger partial charge in [-0.3, -0.25) is 19.6 Å². The van der Waals surface area contributed by atoms with Gasteiger partial charge in [0.2, 0.25) is 5.91 Å². The Morgan fingerprint density at radius 2 is 1.86 bits per heavy atom. The van der Waals surface area contributed by atoms with Crippen LogP contribution in [0.1, 0.15) is 62.1 Å². The van der Waals surface area contributed by atoms with Gasteiger partial charge >= 0.3 is 0 Å². The molecule has 1 fully saturated rings. The van der Waals surface area contributed by atoms with Gasteiger partial charge in [0.25, 0.3) is 5.56 Å². The summed E-state index contributed by atoms with van der Waals surface area (Å²) in [6, 6.07) is 14.0. The largest absolute Gasteiger partial charge is 0.383 e. The highest BCUT2D eigenvalue weighted by atomic mass is 16.1. The van der Waals surface area contributed by atoms with Gasteiger partial charge in [-0.2, -0.15) is 0 Å². The molecule has 2 aromatic heterocycles. The monoisotopic (exact) mass is 496 g/mol. The molecular weight excluding hydrogens is 468 g/mol. The number of nitrogen functional groups attached to an aromatic ring is 1. The Morgan fingerprint density at radius 1 is 1.14 bits per heavy atom. The number of carbonyl (C=O) groups excluding carboxylic acids is 1. The maximum atomic E-state index is 13.4. The van der Waals surface area contributed by atoms with E-state index in [1.54, 1.807) is 28.8 Å². The topological polar surface area (TPSA) is 152 Å². The second-order valence-corrected chi connectivity index (χ2v) is 9.23. The zero-order valence-electron chi connectivity index (χ0n) is 20.7. The summed E-state index contributed by atoms with van der Waals surface area (Å²) in [6.07, 6.45) is 4.29. The van der Waals surface area contributed by atoms with Crippen LogP contribution < -0.4 is 21.9 Å². The van der Waals surface area contributed by atoms with Crippen LogP contribution >= 0.6 is 0 Å². The highest BCUT2D eigenvalue weighted by molar-refractivity contribution is 6.16. The molecule has 2 aromatic carbocycles. The van der Waals surface area contributed by atoms with E-state index in [2.05, 4.69) is 20.6 Å². The van der Waals surface area contributed by atoms with E-state index < -0.39 is 6.04 Å². The summed E-state index contributed by atoms with van der Waals surface area (Å²) in [6.45, 7) is 3.35. The second kappa shape index (κ2) is 9.81. The molecule has 0 radical (unpaired) electrons. The molecule has 1 aliphatic carbocycles. The van der Waals surface area contributed by atoms with Crippen molar-refractivity contribution in [2.24, 2.45) is 0 Å². The standard InChI is InChI=1S/C27H28N8O2/c1-15(26-34-21-9-4-3-8-20(21)27(37)35(26)19-6-5-7-19)32-25-22(24(29)30-14-31-25)23(28)17-10-12-18(13-11-17)33-16(2)36/h3-4,8-15,19,28H,5-7H2,1-2H3,(H,33,36)(H3,29,30,31,32). The van der Waals surface area contributed by atoms with Gasteiger partial charge in [-0.05, 0) is 50.5 Å². The van der Waals surface area contributed by atoms with Gasteiger partial charge in [0.15, 0.2) is 0 Å². The highest BCUT2D eigenvalue weighted by Crippen LogP contribution is 2.34. The zero-order valence-corrected chi connectivity index (χ0v) is 20.7. The van der Waals surface area contributed by atoms with Crippen LogP contribution in [0, 0.1) is 5.41 Å². The maximum Gasteiger partial charge on any atom is 0.261 e. The van der Waals surface area contributed by atoms with Gasteiger partial charge in [-0.15, -0.1) is 0 Å². The van der Waals surface area contributed by atoms with E-state index in [1.165, 1.54) is 13.3 Å². The molecule has 5 rings (SSSR count). The third-order valence-corrected chi connectivity index (χ3v) is 6.64. The number of carbonyl (C=O) groups is 1. The second-order valence-electron chi connectivity index (χ2n) is 9.23. The van der Waals surface area contributed by atoms with Crippen molar-refractivity contribution < 1.29 is 4.79 Å². The molecule has 0 aliphatic heterocycles. The number of aromatic nitrogens is 4. The van der Waals surface area contributed by atoms with E-state index in [0.29, 0.717) is 39.4 Å². The van der Waals surface area contributed by atoms with Crippen LogP contribution in [0.5, 0.6) is 0 Å². The van der Waals surface area contributed by atoms with Crippen LogP contribution in [-0.4, -0.2) is 31.1 Å². The lowest BCUT2D eigenvalue weighted by Crippen LogP contribution is -2.34. The van der Waals surface area contributed by atoms with Crippen molar-refractivity contribution in [3.05, 3.63) is 82.2 Å². The van der Waals surface area contributed by atoms with Crippen LogP contribution in [0.25, 0.3) is 10.9 Å². The minimum absolute atomic E-state index is 0.0478. The van der Waals surface area contributed by atoms with Crippen LogP contribution in [0.15, 0.2) is 59.7 Å². The first-order chi connectivity index (χ1) is 17.8. The van der Waals surface area contributed by atoms with Crippen LogP contribution in [0.3, 0.4) is 0 Å². The molecule has 5 N–H and O–H groups in total. The fourth-order valence-electron chi connectivity index (χ4n) is 4.56. The summed E-state index contributed by atoms with van der Waals surface area (Å²) in [7, 11) is 0. The van der Waals surface area contributed by atoms with Gasteiger partial charge in [0.1, 0.15) is 23.8 Å². The number of para-hydroxylation sites is 1. The number of nitrogens with zero attached hydrogens (tertiary/aromatic N) is 4. The van der Waals surface area contributed by atoms with Gasteiger partial charge < -0.3 is 16.4 Å². The van der Waals surface area contributed by atoms with Crippen molar-refractivity contribution in [3.63, 3.8) is 0 Å². The Hall–Kier alpha value is -4.60. The number of hydrogen-bond acceptors (Lipinski definition) is 8. The number of benzene rings is 2. The molecule has 1 atom stereocenters. The lowest BCUT2D eigenvalue weighted by Gasteiger charge is -2.31. The van der Waals surface area contributed by atoms with E-state index in [-0.39, 0.29) is 29.0 Å². The zero-order chi connectivity index (χ0) is 26.1. The van der Waals surface area contributed by atoms with Crippen LogP contribution in [0.4, 0.5) is 17.3 Å². The molecule has 0 saturated heterocycles. The quantitative estimate of drug-likeness (QED) is 0.282. The molecule has 10 nitrogen and oxygen atoms in total. The minimum Gasteiger partial charge on any atom is -0.383 e. The Labute approximate surface area is 213 Å². The molecule has 1 saturated carbocycles.